The summed E-state index contributed by atoms with van der Waals surface area (Å²) in [4.78, 5) is 0. The minimum atomic E-state index is -0.522. The van der Waals surface area contributed by atoms with Crippen molar-refractivity contribution in [2.45, 2.75) is 0 Å². The Bertz CT molecular complexity index is 438. The quantitative estimate of drug-likeness (QED) is 0.739. The Labute approximate surface area is 86.0 Å². The number of aromatic hydroxyl groups is 1. The molecule has 0 bridgehead atoms. The summed E-state index contributed by atoms with van der Waals surface area (Å²) in [5, 5.41) is 9.56. The van der Waals surface area contributed by atoms with E-state index in [-0.39, 0.29) is 5.75 Å². The van der Waals surface area contributed by atoms with Gasteiger partial charge in [-0.05, 0) is 40.8 Å². The van der Waals surface area contributed by atoms with E-state index in [1.165, 1.54) is 17.4 Å². The van der Waals surface area contributed by atoms with Crippen molar-refractivity contribution in [1.29, 1.82) is 0 Å². The molecule has 0 unspecified atom stereocenters. The Kier molecular flexibility index (Phi) is 1.96. The van der Waals surface area contributed by atoms with Gasteiger partial charge in [0.25, 0.3) is 0 Å². The van der Waals surface area contributed by atoms with Crippen LogP contribution in [-0.4, -0.2) is 5.11 Å². The lowest BCUT2D eigenvalue weighted by atomic mass is 10.2. The predicted octanol–water partition coefficient (Wildman–Crippen LogP) is 3.35. The summed E-state index contributed by atoms with van der Waals surface area (Å²) < 4.78 is 15.1. The summed E-state index contributed by atoms with van der Waals surface area (Å²) in [6, 6.07) is 4.83. The van der Waals surface area contributed by atoms with E-state index < -0.39 is 5.82 Å². The van der Waals surface area contributed by atoms with Crippen LogP contribution in [0.4, 0.5) is 4.39 Å². The Balaban J connectivity index is 2.89. The molecular formula is C8H4FIOS. The summed E-state index contributed by atoms with van der Waals surface area (Å²) in [5.74, 6) is -0.802. The molecule has 0 saturated carbocycles. The number of thiophene rings is 1. The van der Waals surface area contributed by atoms with Crippen LogP contribution in [-0.2, 0) is 0 Å². The van der Waals surface area contributed by atoms with Crippen LogP contribution in [0.3, 0.4) is 0 Å². The van der Waals surface area contributed by atoms with Gasteiger partial charge < -0.3 is 5.11 Å². The molecule has 0 fully saturated rings. The molecule has 1 N–H and O–H groups in total. The Hall–Kier alpha value is -0.360. The molecule has 0 aliphatic rings. The zero-order chi connectivity index (χ0) is 8.72. The summed E-state index contributed by atoms with van der Waals surface area (Å²) in [7, 11) is 0. The van der Waals surface area contributed by atoms with E-state index in [1.807, 2.05) is 0 Å². The Morgan fingerprint density at radius 1 is 1.42 bits per heavy atom. The van der Waals surface area contributed by atoms with Crippen LogP contribution in [0.2, 0.25) is 0 Å². The van der Waals surface area contributed by atoms with Gasteiger partial charge in [0.1, 0.15) is 0 Å². The van der Waals surface area contributed by atoms with Crippen molar-refractivity contribution >= 4 is 44.0 Å². The second-order valence-electron chi connectivity index (χ2n) is 2.36. The zero-order valence-electron chi connectivity index (χ0n) is 5.84. The number of benzene rings is 1. The van der Waals surface area contributed by atoms with Gasteiger partial charge in [0.2, 0.25) is 0 Å². The summed E-state index contributed by atoms with van der Waals surface area (Å²) >= 11 is 3.64. The molecular weight excluding hydrogens is 290 g/mol. The lowest BCUT2D eigenvalue weighted by Crippen LogP contribution is -1.74. The molecule has 2 rings (SSSR count). The van der Waals surface area contributed by atoms with Crippen LogP contribution in [0.5, 0.6) is 5.75 Å². The number of fused-ring (bicyclic) bond motifs is 1. The third kappa shape index (κ3) is 1.19. The smallest absolute Gasteiger partial charge is 0.173 e. The SMILES string of the molecule is Oc1ccc2sc(I)cc2c1F. The van der Waals surface area contributed by atoms with Crippen molar-refractivity contribution in [3.8, 4) is 5.75 Å². The van der Waals surface area contributed by atoms with Gasteiger partial charge in [-0.15, -0.1) is 11.3 Å². The van der Waals surface area contributed by atoms with Crippen LogP contribution in [0.25, 0.3) is 10.1 Å². The van der Waals surface area contributed by atoms with Gasteiger partial charge in [0, 0.05) is 10.1 Å². The minimum Gasteiger partial charge on any atom is -0.505 e. The third-order valence-corrected chi connectivity index (χ3v) is 3.45. The van der Waals surface area contributed by atoms with Gasteiger partial charge in [0.15, 0.2) is 11.6 Å². The molecule has 0 radical (unpaired) electrons. The maximum absolute atomic E-state index is 13.2. The number of hydrogen-bond acceptors (Lipinski definition) is 2. The average molecular weight is 294 g/mol. The number of phenols is 1. The molecule has 1 nitrogen and oxygen atoms in total. The Morgan fingerprint density at radius 3 is 2.92 bits per heavy atom. The molecule has 0 spiro atoms. The number of hydrogen-bond donors (Lipinski definition) is 1. The molecule has 2 aromatic rings. The number of halogens is 2. The van der Waals surface area contributed by atoms with Crippen LogP contribution in [0, 0.1) is 8.70 Å². The zero-order valence-corrected chi connectivity index (χ0v) is 8.82. The van der Waals surface area contributed by atoms with Crippen molar-refractivity contribution in [3.63, 3.8) is 0 Å². The first kappa shape index (κ1) is 8.25. The van der Waals surface area contributed by atoms with E-state index in [0.717, 1.165) is 7.58 Å². The fourth-order valence-electron chi connectivity index (χ4n) is 1.04. The summed E-state index contributed by atoms with van der Waals surface area (Å²) in [6.45, 7) is 0. The summed E-state index contributed by atoms with van der Waals surface area (Å²) in [5.41, 5.74) is 0. The van der Waals surface area contributed by atoms with Crippen molar-refractivity contribution in [1.82, 2.24) is 0 Å². The molecule has 0 amide bonds. The molecule has 4 heteroatoms. The second kappa shape index (κ2) is 2.85. The molecule has 12 heavy (non-hydrogen) atoms. The average Bonchev–Trinajstić information content (AvgIpc) is 2.39. The normalized spacial score (nSPS) is 10.8. The molecule has 62 valence electrons. The fourth-order valence-corrected chi connectivity index (χ4v) is 2.84. The van der Waals surface area contributed by atoms with Crippen LogP contribution < -0.4 is 0 Å². The van der Waals surface area contributed by atoms with Gasteiger partial charge in [-0.1, -0.05) is 0 Å². The first-order valence-electron chi connectivity index (χ1n) is 3.25. The lowest BCUT2D eigenvalue weighted by Gasteiger charge is -1.94. The van der Waals surface area contributed by atoms with E-state index in [1.54, 1.807) is 12.1 Å². The maximum Gasteiger partial charge on any atom is 0.173 e. The van der Waals surface area contributed by atoms with Gasteiger partial charge in [-0.3, -0.25) is 0 Å². The van der Waals surface area contributed by atoms with Crippen LogP contribution in [0.1, 0.15) is 0 Å². The van der Waals surface area contributed by atoms with Crippen molar-refractivity contribution in [2.75, 3.05) is 0 Å². The molecule has 1 aromatic heterocycles. The van der Waals surface area contributed by atoms with E-state index in [4.69, 9.17) is 5.11 Å². The van der Waals surface area contributed by atoms with E-state index in [0.29, 0.717) is 5.39 Å². The monoisotopic (exact) mass is 294 g/mol. The number of phenolic OH excluding ortho intramolecular Hbond substituents is 1. The first-order valence-corrected chi connectivity index (χ1v) is 5.14. The minimum absolute atomic E-state index is 0.281. The third-order valence-electron chi connectivity index (χ3n) is 1.58. The highest BCUT2D eigenvalue weighted by molar-refractivity contribution is 14.1. The maximum atomic E-state index is 13.2. The van der Waals surface area contributed by atoms with Crippen LogP contribution >= 0.6 is 33.9 Å². The van der Waals surface area contributed by atoms with Gasteiger partial charge in [-0.2, -0.15) is 0 Å². The van der Waals surface area contributed by atoms with E-state index in [9.17, 15) is 4.39 Å². The highest BCUT2D eigenvalue weighted by atomic mass is 127. The second-order valence-corrected chi connectivity index (χ2v) is 5.34. The molecule has 1 heterocycles. The molecule has 1 aromatic carbocycles. The number of rotatable bonds is 0. The highest BCUT2D eigenvalue weighted by Gasteiger charge is 2.08. The molecule has 0 aliphatic heterocycles. The predicted molar refractivity (Wildman–Crippen MR) is 56.2 cm³/mol. The van der Waals surface area contributed by atoms with Crippen molar-refractivity contribution in [3.05, 3.63) is 26.9 Å². The van der Waals surface area contributed by atoms with Crippen molar-refractivity contribution in [2.24, 2.45) is 0 Å². The largest absolute Gasteiger partial charge is 0.505 e. The molecule has 0 saturated heterocycles. The standard InChI is InChI=1S/C8H4FIOS/c9-8-4-3-7(10)12-6(4)2-1-5(8)11/h1-3,11H. The Morgan fingerprint density at radius 2 is 2.17 bits per heavy atom. The van der Waals surface area contributed by atoms with Gasteiger partial charge >= 0.3 is 0 Å². The van der Waals surface area contributed by atoms with E-state index in [2.05, 4.69) is 22.6 Å². The van der Waals surface area contributed by atoms with E-state index >= 15 is 0 Å². The van der Waals surface area contributed by atoms with Gasteiger partial charge in [-0.25, -0.2) is 4.39 Å². The fraction of sp³-hybridized carbons (Fsp3) is 0. The molecule has 0 aliphatic carbocycles. The van der Waals surface area contributed by atoms with Gasteiger partial charge in [0.05, 0.1) is 2.88 Å². The molecule has 0 atom stereocenters. The lowest BCUT2D eigenvalue weighted by molar-refractivity contribution is 0.436. The first-order chi connectivity index (χ1) is 5.68. The highest BCUT2D eigenvalue weighted by Crippen LogP contribution is 2.32. The topological polar surface area (TPSA) is 20.2 Å². The summed E-state index contributed by atoms with van der Waals surface area (Å²) in [6.07, 6.45) is 0. The van der Waals surface area contributed by atoms with Crippen LogP contribution in [0.15, 0.2) is 18.2 Å². The van der Waals surface area contributed by atoms with Crippen molar-refractivity contribution < 1.29 is 9.50 Å².